The number of carbonyl (C=O) groups is 2. The molecule has 1 aromatic heterocycles. The van der Waals surface area contributed by atoms with Crippen LogP contribution in [-0.4, -0.2) is 47.6 Å². The van der Waals surface area contributed by atoms with Gasteiger partial charge in [-0.15, -0.1) is 0 Å². The molecule has 0 radical (unpaired) electrons. The highest BCUT2D eigenvalue weighted by Gasteiger charge is 2.32. The number of likely N-dealkylation sites (tertiary alicyclic amines) is 1. The molecule has 1 fully saturated rings. The number of nitrogens with one attached hydrogen (secondary N) is 1. The Bertz CT molecular complexity index is 877. The van der Waals surface area contributed by atoms with Crippen molar-refractivity contribution in [2.24, 2.45) is 0 Å². The second kappa shape index (κ2) is 9.47. The minimum atomic E-state index is -4.49. The monoisotopic (exact) mass is 423 g/mol. The minimum Gasteiger partial charge on any atom is -0.472 e. The lowest BCUT2D eigenvalue weighted by Gasteiger charge is -2.17. The molecule has 10 heteroatoms. The van der Waals surface area contributed by atoms with Gasteiger partial charge in [0.2, 0.25) is 11.8 Å². The van der Waals surface area contributed by atoms with E-state index in [-0.39, 0.29) is 31.5 Å². The number of nitrogens with zero attached hydrogens (tertiary/aromatic N) is 2. The number of aromatic nitrogens is 1. The zero-order chi connectivity index (χ0) is 21.6. The van der Waals surface area contributed by atoms with E-state index < -0.39 is 23.9 Å². The Morgan fingerprint density at radius 1 is 1.20 bits per heavy atom. The quantitative estimate of drug-likeness (QED) is 0.773. The Balaban J connectivity index is 1.41. The van der Waals surface area contributed by atoms with Gasteiger partial charge in [0, 0.05) is 25.2 Å². The summed E-state index contributed by atoms with van der Waals surface area (Å²) in [5.74, 6) is -0.485. The molecule has 1 N–H and O–H groups in total. The molecule has 160 valence electrons. The molecular formula is C20H20F3N3O4. The van der Waals surface area contributed by atoms with Gasteiger partial charge in [-0.25, -0.2) is 9.78 Å². The number of hydrogen-bond donors (Lipinski definition) is 1. The van der Waals surface area contributed by atoms with E-state index in [1.54, 1.807) is 0 Å². The number of ether oxygens (including phenoxy) is 2. The van der Waals surface area contributed by atoms with Crippen molar-refractivity contribution in [2.75, 3.05) is 19.6 Å². The van der Waals surface area contributed by atoms with Gasteiger partial charge in [-0.1, -0.05) is 30.3 Å². The van der Waals surface area contributed by atoms with Crippen molar-refractivity contribution in [2.45, 2.75) is 25.3 Å². The van der Waals surface area contributed by atoms with Gasteiger partial charge in [0.15, 0.2) is 0 Å². The summed E-state index contributed by atoms with van der Waals surface area (Å²) in [5, 5.41) is 2.39. The second-order valence-electron chi connectivity index (χ2n) is 6.66. The highest BCUT2D eigenvalue weighted by Crippen LogP contribution is 2.31. The third-order valence-electron chi connectivity index (χ3n) is 4.44. The van der Waals surface area contributed by atoms with Gasteiger partial charge in [-0.2, -0.15) is 13.2 Å². The largest absolute Gasteiger partial charge is 0.472 e. The summed E-state index contributed by atoms with van der Waals surface area (Å²) in [4.78, 5) is 29.2. The molecule has 30 heavy (non-hydrogen) atoms. The summed E-state index contributed by atoms with van der Waals surface area (Å²) in [6.07, 6.45) is -4.20. The Labute approximate surface area is 170 Å². The SMILES string of the molecule is O=C(NCC(=O)N1CCC(Oc2cc(C(F)(F)F)ccn2)C1)OCc1ccccc1. The number of halogens is 3. The van der Waals surface area contributed by atoms with Crippen LogP contribution < -0.4 is 10.1 Å². The van der Waals surface area contributed by atoms with Crippen LogP contribution in [-0.2, 0) is 22.3 Å². The van der Waals surface area contributed by atoms with Crippen molar-refractivity contribution in [1.29, 1.82) is 0 Å². The molecule has 0 aliphatic carbocycles. The van der Waals surface area contributed by atoms with Crippen molar-refractivity contribution < 1.29 is 32.2 Å². The van der Waals surface area contributed by atoms with Crippen LogP contribution in [0.4, 0.5) is 18.0 Å². The van der Waals surface area contributed by atoms with Crippen molar-refractivity contribution in [3.8, 4) is 5.88 Å². The molecule has 1 saturated heterocycles. The summed E-state index contributed by atoms with van der Waals surface area (Å²) in [5.41, 5.74) is -0.0293. The Morgan fingerprint density at radius 2 is 1.97 bits per heavy atom. The zero-order valence-electron chi connectivity index (χ0n) is 15.9. The lowest BCUT2D eigenvalue weighted by Crippen LogP contribution is -2.40. The Hall–Kier alpha value is -3.30. The second-order valence-corrected chi connectivity index (χ2v) is 6.66. The number of amides is 2. The first-order chi connectivity index (χ1) is 14.3. The zero-order valence-corrected chi connectivity index (χ0v) is 15.9. The van der Waals surface area contributed by atoms with E-state index in [1.165, 1.54) is 4.90 Å². The number of alkyl carbamates (subject to hydrolysis) is 1. The van der Waals surface area contributed by atoms with E-state index in [0.29, 0.717) is 13.0 Å². The first-order valence-corrected chi connectivity index (χ1v) is 9.23. The molecular weight excluding hydrogens is 403 g/mol. The van der Waals surface area contributed by atoms with Crippen molar-refractivity contribution in [3.05, 3.63) is 59.8 Å². The molecule has 0 bridgehead atoms. The Morgan fingerprint density at radius 3 is 2.70 bits per heavy atom. The molecule has 1 unspecified atom stereocenters. The minimum absolute atomic E-state index is 0.0878. The van der Waals surface area contributed by atoms with E-state index in [0.717, 1.165) is 23.9 Å². The molecule has 7 nitrogen and oxygen atoms in total. The van der Waals surface area contributed by atoms with Crippen molar-refractivity contribution in [1.82, 2.24) is 15.2 Å². The molecule has 2 aromatic rings. The highest BCUT2D eigenvalue weighted by molar-refractivity contribution is 5.82. The summed E-state index contributed by atoms with van der Waals surface area (Å²) in [7, 11) is 0. The molecule has 1 aliphatic heterocycles. The normalized spacial score (nSPS) is 16.2. The number of hydrogen-bond acceptors (Lipinski definition) is 5. The molecule has 0 spiro atoms. The van der Waals surface area contributed by atoms with Crippen LogP contribution in [0.1, 0.15) is 17.5 Å². The van der Waals surface area contributed by atoms with Gasteiger partial charge in [0.05, 0.1) is 12.1 Å². The van der Waals surface area contributed by atoms with Gasteiger partial charge in [0.1, 0.15) is 19.3 Å². The third-order valence-corrected chi connectivity index (χ3v) is 4.44. The summed E-state index contributed by atoms with van der Waals surface area (Å²) >= 11 is 0. The van der Waals surface area contributed by atoms with E-state index in [2.05, 4.69) is 10.3 Å². The van der Waals surface area contributed by atoms with Gasteiger partial charge in [-0.3, -0.25) is 4.79 Å². The first-order valence-electron chi connectivity index (χ1n) is 9.23. The average Bonchev–Trinajstić information content (AvgIpc) is 3.19. The lowest BCUT2D eigenvalue weighted by atomic mass is 10.2. The maximum Gasteiger partial charge on any atom is 0.416 e. The maximum absolute atomic E-state index is 12.8. The van der Waals surface area contributed by atoms with Gasteiger partial charge >= 0.3 is 12.3 Å². The third kappa shape index (κ3) is 6.10. The predicted octanol–water partition coefficient (Wildman–Crippen LogP) is 3.01. The van der Waals surface area contributed by atoms with Crippen LogP contribution in [0, 0.1) is 0 Å². The molecule has 1 atom stereocenters. The summed E-state index contributed by atoms with van der Waals surface area (Å²) in [6, 6.07) is 10.8. The Kier molecular flexibility index (Phi) is 6.76. The van der Waals surface area contributed by atoms with Crippen LogP contribution in [0.25, 0.3) is 0 Å². The van der Waals surface area contributed by atoms with Crippen molar-refractivity contribution >= 4 is 12.0 Å². The average molecular weight is 423 g/mol. The van der Waals surface area contributed by atoms with Crippen LogP contribution >= 0.6 is 0 Å². The number of pyridine rings is 1. The number of carbonyl (C=O) groups excluding carboxylic acids is 2. The first kappa shape index (κ1) is 21.4. The molecule has 1 aromatic carbocycles. The van der Waals surface area contributed by atoms with E-state index >= 15 is 0 Å². The summed E-state index contributed by atoms with van der Waals surface area (Å²) < 4.78 is 48.8. The van der Waals surface area contributed by atoms with Crippen LogP contribution in [0.2, 0.25) is 0 Å². The molecule has 2 amide bonds. The van der Waals surface area contributed by atoms with E-state index in [9.17, 15) is 22.8 Å². The molecule has 3 rings (SSSR count). The van der Waals surface area contributed by atoms with Crippen LogP contribution in [0.3, 0.4) is 0 Å². The molecule has 0 saturated carbocycles. The predicted molar refractivity (Wildman–Crippen MR) is 99.5 cm³/mol. The van der Waals surface area contributed by atoms with Crippen LogP contribution in [0.5, 0.6) is 5.88 Å². The topological polar surface area (TPSA) is 80.8 Å². The van der Waals surface area contributed by atoms with Gasteiger partial charge in [0.25, 0.3) is 0 Å². The fraction of sp³-hybridized carbons (Fsp3) is 0.350. The fourth-order valence-electron chi connectivity index (χ4n) is 2.91. The van der Waals surface area contributed by atoms with Crippen molar-refractivity contribution in [3.63, 3.8) is 0 Å². The maximum atomic E-state index is 12.8. The highest BCUT2D eigenvalue weighted by atomic mass is 19.4. The van der Waals surface area contributed by atoms with E-state index in [4.69, 9.17) is 9.47 Å². The molecule has 1 aliphatic rings. The number of benzene rings is 1. The number of alkyl halides is 3. The van der Waals surface area contributed by atoms with Gasteiger partial charge in [-0.05, 0) is 11.6 Å². The smallest absolute Gasteiger partial charge is 0.416 e. The van der Waals surface area contributed by atoms with Gasteiger partial charge < -0.3 is 19.7 Å². The fourth-order valence-corrected chi connectivity index (χ4v) is 2.91. The standard InChI is InChI=1S/C20H20F3N3O4/c21-20(22,23)15-6-8-24-17(10-15)30-16-7-9-26(12-16)18(27)11-25-19(28)29-13-14-4-2-1-3-5-14/h1-6,8,10,16H,7,9,11-13H2,(H,25,28). The summed E-state index contributed by atoms with van der Waals surface area (Å²) in [6.45, 7) is 0.396. The lowest BCUT2D eigenvalue weighted by molar-refractivity contribution is -0.137. The van der Waals surface area contributed by atoms with E-state index in [1.807, 2.05) is 30.3 Å². The molecule has 2 heterocycles. The number of rotatable bonds is 6. The van der Waals surface area contributed by atoms with Crippen LogP contribution in [0.15, 0.2) is 48.7 Å².